The van der Waals surface area contributed by atoms with Crippen LogP contribution in [-0.4, -0.2) is 74.0 Å². The first kappa shape index (κ1) is 121. The minimum Gasteiger partial charge on any atom is -1.00 e. The lowest BCUT2D eigenvalue weighted by Gasteiger charge is -2.16. The smallest absolute Gasteiger partial charge is 0.488 e. The molecule has 0 bridgehead atoms. The van der Waals surface area contributed by atoms with Crippen molar-refractivity contribution in [2.24, 2.45) is 0 Å². The third-order valence-electron chi connectivity index (χ3n) is 26.6. The van der Waals surface area contributed by atoms with Crippen LogP contribution < -0.4 is 82.4 Å². The fraction of sp³-hybridized carbons (Fsp3) is 0.607. The largest absolute Gasteiger partial charge is 1.00 e. The first-order valence-electron chi connectivity index (χ1n) is 55.6. The van der Waals surface area contributed by atoms with E-state index in [1.54, 1.807) is 24.3 Å². The van der Waals surface area contributed by atoms with Gasteiger partial charge in [0.1, 0.15) is 34.5 Å². The highest BCUT2D eigenvalue weighted by Gasteiger charge is 2.21. The Labute approximate surface area is 862 Å². The van der Waals surface area contributed by atoms with Crippen LogP contribution in [0.25, 0.3) is 24.3 Å². The van der Waals surface area contributed by atoms with Crippen molar-refractivity contribution in [3.05, 3.63) is 190 Å². The molecule has 0 aliphatic heterocycles. The Morgan fingerprint density at radius 1 is 0.232 bits per heavy atom. The van der Waals surface area contributed by atoms with Crippen LogP contribution in [0.3, 0.4) is 0 Å². The summed E-state index contributed by atoms with van der Waals surface area (Å²) in [7, 11) is -3.05. The van der Waals surface area contributed by atoms with Crippen LogP contribution in [0, 0.1) is 23.7 Å². The van der Waals surface area contributed by atoms with E-state index in [1.807, 2.05) is 24.3 Å². The van der Waals surface area contributed by atoms with Crippen LogP contribution in [0.5, 0.6) is 34.5 Å². The fourth-order valence-corrected chi connectivity index (χ4v) is 17.9. The molecule has 0 unspecified atom stereocenters. The number of halogens is 2. The van der Waals surface area contributed by atoms with E-state index < -0.39 is 14.2 Å². The average molecular weight is 2020 g/mol. The molecule has 0 spiro atoms. The van der Waals surface area contributed by atoms with Gasteiger partial charge in [-0.15, -0.1) is 0 Å². The van der Waals surface area contributed by atoms with Gasteiger partial charge in [-0.25, -0.2) is 0 Å². The first-order valence-corrected chi connectivity index (χ1v) is 55.6. The van der Waals surface area contributed by atoms with E-state index in [2.05, 4.69) is 184 Å². The van der Waals surface area contributed by atoms with Crippen molar-refractivity contribution in [2.45, 2.75) is 440 Å². The minimum absolute atomic E-state index is 0. The number of unbranched alkanes of at least 4 members (excludes halogenated alkanes) is 54. The normalized spacial score (nSPS) is 11.2. The topological polar surface area (TPSA) is 144 Å². The number of pyridine rings is 2. The number of rotatable bonds is 82. The standard InChI is InChI=1S/C122H184B2N2O10.2BrH/c1-7-13-19-25-31-37-43-49-55-65-91-131-117-97-108(78-80-110-100-122(136-96-70-60-54-48-42-36-30-24-18-12-6)112(102-120(110)134-94-68-58-52-46-40-34-28-22-16-10-4)82-88-116-72-62-64-90-126(116)104-106-75-85-114(86-76-106)124(129)130)118(132-92-66-56-50-44-38-32-26-20-14-8-2)98-107(117)77-79-109-99-121(135-95-69-59-53-47-41-35-29-23-17-11-5)111(101-119(109)133-93-67-57-51-45-39-33-27-21-15-9-3)81-87-115-71-61-63-89-125(115)103-105-73-83-113(84-74-105)123(127)128;;/h61-64,71-76,81-90,97-102,127-130H,7-60,65-70,91-96,103-104H2,1-6H3;2*1H/q+2;;/p-2/b87-81+,88-82+;;. The number of benzene rings is 5. The third-order valence-corrected chi connectivity index (χ3v) is 26.6. The number of ether oxygens (including phenoxy) is 6. The van der Waals surface area contributed by atoms with Crippen LogP contribution in [0.2, 0.25) is 0 Å². The number of nitrogens with zero attached hydrogens (tertiary/aromatic N) is 2. The molecule has 138 heavy (non-hydrogen) atoms. The van der Waals surface area contributed by atoms with Gasteiger partial charge in [0.15, 0.2) is 25.5 Å². The monoisotopic (exact) mass is 2020 g/mol. The minimum atomic E-state index is -1.53. The van der Waals surface area contributed by atoms with Gasteiger partial charge in [-0.3, -0.25) is 0 Å². The van der Waals surface area contributed by atoms with Crippen LogP contribution in [0.4, 0.5) is 0 Å². The Morgan fingerprint density at radius 3 is 0.645 bits per heavy atom. The Morgan fingerprint density at radius 2 is 0.428 bits per heavy atom. The lowest BCUT2D eigenvalue weighted by atomic mass is 9.80. The quantitative estimate of drug-likeness (QED) is 0.0126. The summed E-state index contributed by atoms with van der Waals surface area (Å²) in [5, 5.41) is 39.8. The van der Waals surface area contributed by atoms with Gasteiger partial charge in [-0.1, -0.05) is 460 Å². The van der Waals surface area contributed by atoms with Crippen LogP contribution in [0.15, 0.2) is 134 Å². The number of aromatic nitrogens is 2. The van der Waals surface area contributed by atoms with Crippen LogP contribution >= 0.6 is 0 Å². The van der Waals surface area contributed by atoms with Gasteiger partial charge < -0.3 is 82.5 Å². The van der Waals surface area contributed by atoms with Crippen molar-refractivity contribution in [3.8, 4) is 58.2 Å². The van der Waals surface area contributed by atoms with E-state index in [0.717, 1.165) is 144 Å². The van der Waals surface area contributed by atoms with Crippen molar-refractivity contribution in [1.82, 2.24) is 0 Å². The van der Waals surface area contributed by atoms with Gasteiger partial charge in [0, 0.05) is 82.9 Å². The highest BCUT2D eigenvalue weighted by atomic mass is 79.9. The molecule has 0 atom stereocenters. The predicted octanol–water partition coefficient (Wildman–Crippen LogP) is 24.7. The molecule has 0 saturated heterocycles. The predicted molar refractivity (Wildman–Crippen MR) is 577 cm³/mol. The molecule has 4 N–H and O–H groups in total. The zero-order valence-electron chi connectivity index (χ0n) is 87.1. The molecule has 7 rings (SSSR count). The number of hydrogen-bond donors (Lipinski definition) is 4. The van der Waals surface area contributed by atoms with Gasteiger partial charge in [-0.05, 0) is 85.9 Å². The molecule has 0 amide bonds. The molecule has 0 fully saturated rings. The molecule has 12 nitrogen and oxygen atoms in total. The molecule has 0 aliphatic carbocycles. The molecular formula is C122H184B2Br2N2O10. The highest BCUT2D eigenvalue weighted by Crippen LogP contribution is 2.36. The third kappa shape index (κ3) is 54.3. The van der Waals surface area contributed by atoms with Crippen molar-refractivity contribution in [1.29, 1.82) is 0 Å². The molecule has 762 valence electrons. The molecule has 2 heterocycles. The van der Waals surface area contributed by atoms with E-state index in [1.165, 1.54) is 308 Å². The van der Waals surface area contributed by atoms with Gasteiger partial charge in [0.2, 0.25) is 11.4 Å². The van der Waals surface area contributed by atoms with Crippen LogP contribution in [-0.2, 0) is 13.1 Å². The second-order valence-corrected chi connectivity index (χ2v) is 38.7. The zero-order valence-corrected chi connectivity index (χ0v) is 90.3. The Balaban J connectivity index is 0.0000168. The summed E-state index contributed by atoms with van der Waals surface area (Å²) in [6.07, 6.45) is 86.4. The second-order valence-electron chi connectivity index (χ2n) is 38.7. The highest BCUT2D eigenvalue weighted by molar-refractivity contribution is 6.58. The van der Waals surface area contributed by atoms with E-state index in [-0.39, 0.29) is 34.0 Å². The molecule has 5 aromatic carbocycles. The maximum absolute atomic E-state index is 9.95. The summed E-state index contributed by atoms with van der Waals surface area (Å²) < 4.78 is 47.0. The molecular weight excluding hydrogens is 1830 g/mol. The molecule has 0 aliphatic rings. The Hall–Kier alpha value is -7.27. The summed E-state index contributed by atoms with van der Waals surface area (Å²) in [5.41, 5.74) is 9.77. The van der Waals surface area contributed by atoms with Crippen molar-refractivity contribution in [2.75, 3.05) is 39.6 Å². The van der Waals surface area contributed by atoms with Gasteiger partial charge in [-0.2, -0.15) is 9.13 Å². The number of hydrogen-bond acceptors (Lipinski definition) is 10. The van der Waals surface area contributed by atoms with Gasteiger partial charge in [0.25, 0.3) is 0 Å². The molecule has 16 heteroatoms. The van der Waals surface area contributed by atoms with Gasteiger partial charge in [0.05, 0.1) is 61.9 Å². The molecule has 2 aromatic heterocycles. The molecule has 7 aromatic rings. The SMILES string of the molecule is CCCCCCCCCCCCOc1cc(C#Cc2cc(OCCCCCCCCCCCC)c(/C=C/c3cccc[n+]3Cc3ccc(B(O)O)cc3)cc2OCCCCCCCCCCCC)c(OCCCCCCCCCCCC)cc1C#Cc1cc(OCCCCCCCCCCCC)c(/C=C/c2cccc[n+]2Cc2ccc(B(O)O)cc2)cc1OCCCCCCCCCCCC.[Br-].[Br-]. The summed E-state index contributed by atoms with van der Waals surface area (Å²) in [4.78, 5) is 0. The zero-order chi connectivity index (χ0) is 96.2. The fourth-order valence-electron chi connectivity index (χ4n) is 17.9. The molecule has 0 radical (unpaired) electrons. The Bertz CT molecular complexity index is 4140. The van der Waals surface area contributed by atoms with Crippen molar-refractivity contribution < 1.29 is 91.6 Å². The maximum atomic E-state index is 9.95. The Kier molecular flexibility index (Phi) is 71.3. The van der Waals surface area contributed by atoms with E-state index in [9.17, 15) is 20.1 Å². The van der Waals surface area contributed by atoms with E-state index in [0.29, 0.717) is 86.7 Å². The first-order chi connectivity index (χ1) is 67.0. The van der Waals surface area contributed by atoms with E-state index >= 15 is 0 Å². The lowest BCUT2D eigenvalue weighted by Crippen LogP contribution is -3.00. The summed E-state index contributed by atoms with van der Waals surface area (Å²) in [6.45, 7) is 18.2. The van der Waals surface area contributed by atoms with E-state index in [4.69, 9.17) is 28.4 Å². The van der Waals surface area contributed by atoms with Crippen molar-refractivity contribution in [3.63, 3.8) is 0 Å². The molecule has 0 saturated carbocycles. The second kappa shape index (κ2) is 81.2. The summed E-state index contributed by atoms with van der Waals surface area (Å²) >= 11 is 0. The van der Waals surface area contributed by atoms with Crippen LogP contribution in [0.1, 0.15) is 483 Å². The lowest BCUT2D eigenvalue weighted by molar-refractivity contribution is -0.690. The maximum Gasteiger partial charge on any atom is 0.488 e. The van der Waals surface area contributed by atoms with Crippen molar-refractivity contribution >= 4 is 49.5 Å². The average Bonchev–Trinajstić information content (AvgIpc) is 0.805. The van der Waals surface area contributed by atoms with Gasteiger partial charge >= 0.3 is 14.2 Å². The summed E-state index contributed by atoms with van der Waals surface area (Å²) in [5.74, 6) is 19.3. The summed E-state index contributed by atoms with van der Waals surface area (Å²) in [6, 6.07) is 40.2.